The number of nitrogens with zero attached hydrogens (tertiary/aromatic N) is 3. The molecular weight excluding hydrogens is 980 g/mol. The van der Waals surface area contributed by atoms with Crippen molar-refractivity contribution >= 4 is 73.3 Å². The minimum atomic E-state index is -1.16. The zero-order chi connectivity index (χ0) is 49.8. The molecule has 374 valence electrons. The Morgan fingerprint density at radius 3 is 2.06 bits per heavy atom. The Morgan fingerprint density at radius 1 is 0.864 bits per heavy atom. The number of carbonyl (C=O) groups excluding carboxylic acids is 6. The number of amides is 6. The van der Waals surface area contributed by atoms with E-state index in [2.05, 4.69) is 47.8 Å². The van der Waals surface area contributed by atoms with E-state index in [1.54, 1.807) is 43.0 Å². The van der Waals surface area contributed by atoms with Crippen molar-refractivity contribution in [2.45, 2.75) is 153 Å². The number of likely N-dealkylation sites (N-methyl/N-ethyl adjacent to an activating group) is 2. The first-order chi connectivity index (χ1) is 31.2. The average molecular weight is 1060 g/mol. The molecule has 1 heterocycles. The molecular formula is C48H78Br2N6O10. The lowest BCUT2D eigenvalue weighted by molar-refractivity contribution is -0.149. The third-order valence-corrected chi connectivity index (χ3v) is 15.1. The number of carboxylic acids is 1. The molecule has 18 heteroatoms. The summed E-state index contributed by atoms with van der Waals surface area (Å²) < 4.78 is 11.9. The lowest BCUT2D eigenvalue weighted by Crippen LogP contribution is -2.60. The number of rotatable bonds is 29. The van der Waals surface area contributed by atoms with Crippen LogP contribution < -0.4 is 16.0 Å². The molecule has 6 amide bonds. The fourth-order valence-electron chi connectivity index (χ4n) is 8.86. The zero-order valence-electron chi connectivity index (χ0n) is 41.0. The van der Waals surface area contributed by atoms with Gasteiger partial charge in [0.25, 0.3) is 0 Å². The van der Waals surface area contributed by atoms with E-state index in [-0.39, 0.29) is 65.5 Å². The maximum absolute atomic E-state index is 14.6. The predicted octanol–water partition coefficient (Wildman–Crippen LogP) is 5.18. The number of carboxylic acid groups (broad SMARTS) is 1. The number of nitrogens with one attached hydrogen (secondary N) is 3. The highest BCUT2D eigenvalue weighted by molar-refractivity contribution is 9.12. The van der Waals surface area contributed by atoms with Gasteiger partial charge in [-0.3, -0.25) is 28.8 Å². The summed E-state index contributed by atoms with van der Waals surface area (Å²) in [6, 6.07) is 5.07. The molecule has 1 aromatic carbocycles. The molecule has 1 saturated heterocycles. The molecule has 1 aromatic rings. The Hall–Kier alpha value is -3.61. The van der Waals surface area contributed by atoms with E-state index in [4.69, 9.17) is 9.47 Å². The fraction of sp³-hybridized carbons (Fsp3) is 0.729. The Kier molecular flexibility index (Phi) is 26.0. The van der Waals surface area contributed by atoms with Crippen LogP contribution in [0.15, 0.2) is 30.3 Å². The number of methoxy groups -OCH3 is 2. The molecule has 1 aliphatic rings. The molecule has 10 atom stereocenters. The molecule has 1 fully saturated rings. The molecule has 16 nitrogen and oxygen atoms in total. The van der Waals surface area contributed by atoms with Crippen LogP contribution in [-0.4, -0.2) is 155 Å². The summed E-state index contributed by atoms with van der Waals surface area (Å²) in [5.41, 5.74) is 0.767. The third-order valence-electron chi connectivity index (χ3n) is 12.9. The average Bonchev–Trinajstić information content (AvgIpc) is 3.77. The first-order valence-electron chi connectivity index (χ1n) is 23.4. The van der Waals surface area contributed by atoms with Gasteiger partial charge in [0.1, 0.15) is 23.0 Å². The van der Waals surface area contributed by atoms with Crippen molar-refractivity contribution in [1.82, 2.24) is 30.7 Å². The summed E-state index contributed by atoms with van der Waals surface area (Å²) in [4.78, 5) is 98.5. The largest absolute Gasteiger partial charge is 0.480 e. The fourth-order valence-corrected chi connectivity index (χ4v) is 9.31. The van der Waals surface area contributed by atoms with Gasteiger partial charge in [-0.2, -0.15) is 0 Å². The normalized spacial score (nSPS) is 18.0. The summed E-state index contributed by atoms with van der Waals surface area (Å²) in [6.45, 7) is 14.0. The lowest BCUT2D eigenvalue weighted by Gasteiger charge is -2.41. The molecule has 10 unspecified atom stereocenters. The maximum atomic E-state index is 14.6. The molecule has 66 heavy (non-hydrogen) atoms. The SMILES string of the molecule is CCC(C)C(C(CC(=O)N1CCCC1C(OC)C(C)C(=O)NC(Cc1ccccc1)C(=O)O)OC)N(C)C(=O)C(NC(=O)C(C(C)C)N(C)C(=O)CCCCCNC(=O)C(Br)CBr)C(C)C. The predicted molar refractivity (Wildman–Crippen MR) is 262 cm³/mol. The lowest BCUT2D eigenvalue weighted by atomic mass is 9.89. The summed E-state index contributed by atoms with van der Waals surface area (Å²) in [7, 11) is 6.27. The first-order valence-corrected chi connectivity index (χ1v) is 25.4. The number of likely N-dealkylation sites (tertiary alicyclic amines) is 1. The summed E-state index contributed by atoms with van der Waals surface area (Å²) in [6.07, 6.45) is 2.73. The van der Waals surface area contributed by atoms with Gasteiger partial charge in [-0.1, -0.05) is 123 Å². The van der Waals surface area contributed by atoms with E-state index < -0.39 is 66.1 Å². The number of carbonyl (C=O) groups is 7. The second kappa shape index (κ2) is 29.3. The summed E-state index contributed by atoms with van der Waals surface area (Å²) >= 11 is 6.57. The Bertz CT molecular complexity index is 1720. The van der Waals surface area contributed by atoms with Crippen LogP contribution in [0.3, 0.4) is 0 Å². The number of aliphatic carboxylic acids is 1. The topological polar surface area (TPSA) is 204 Å². The first kappa shape index (κ1) is 58.5. The Morgan fingerprint density at radius 2 is 1.52 bits per heavy atom. The standard InChI is InChI=1S/C48H78Br2N6O10/c1-12-31(6)42(55(9)47(62)40(29(2)3)53-46(61)41(30(4)5)54(8)38(57)23-17-14-18-24-51-45(60)34(50)28-49)37(65-10)27-39(58)56-25-19-22-36(56)43(66-11)32(7)44(59)52-35(48(63)64)26-33-20-15-13-16-21-33/h13,15-16,20-21,29-32,34-37,40-43H,12,14,17-19,22-28H2,1-11H3,(H,51,60)(H,52,59)(H,53,61)(H,63,64). The van der Waals surface area contributed by atoms with Gasteiger partial charge in [-0.05, 0) is 49.0 Å². The summed E-state index contributed by atoms with van der Waals surface area (Å²) in [5, 5.41) is 19.0. The van der Waals surface area contributed by atoms with Gasteiger partial charge in [0.2, 0.25) is 35.4 Å². The van der Waals surface area contributed by atoms with Crippen molar-refractivity contribution in [3.8, 4) is 0 Å². The second-order valence-electron chi connectivity index (χ2n) is 18.3. The van der Waals surface area contributed by atoms with Crippen LogP contribution in [0.4, 0.5) is 0 Å². The van der Waals surface area contributed by atoms with Crippen LogP contribution in [0.25, 0.3) is 0 Å². The molecule has 0 radical (unpaired) electrons. The van der Waals surface area contributed by atoms with E-state index >= 15 is 0 Å². The highest BCUT2D eigenvalue weighted by Gasteiger charge is 2.44. The van der Waals surface area contributed by atoms with Gasteiger partial charge in [0.05, 0.1) is 36.6 Å². The molecule has 4 N–H and O–H groups in total. The van der Waals surface area contributed by atoms with Crippen LogP contribution in [0, 0.1) is 23.7 Å². The van der Waals surface area contributed by atoms with Gasteiger partial charge in [0, 0.05) is 59.6 Å². The second-order valence-corrected chi connectivity index (χ2v) is 20.1. The molecule has 0 aromatic heterocycles. The van der Waals surface area contributed by atoms with Gasteiger partial charge in [0.15, 0.2) is 0 Å². The molecule has 0 spiro atoms. The minimum absolute atomic E-state index is 0.0705. The number of halogens is 2. The van der Waals surface area contributed by atoms with E-state index in [0.717, 1.165) is 12.0 Å². The number of unbranched alkanes of at least 4 members (excludes halogenated alkanes) is 2. The smallest absolute Gasteiger partial charge is 0.326 e. The highest BCUT2D eigenvalue weighted by atomic mass is 79.9. The number of alkyl halides is 2. The van der Waals surface area contributed by atoms with Crippen molar-refractivity contribution in [2.75, 3.05) is 46.7 Å². The molecule has 0 saturated carbocycles. The quantitative estimate of drug-likeness (QED) is 0.0612. The monoisotopic (exact) mass is 1060 g/mol. The molecule has 2 rings (SSSR count). The van der Waals surface area contributed by atoms with E-state index in [0.29, 0.717) is 50.5 Å². The summed E-state index contributed by atoms with van der Waals surface area (Å²) in [5.74, 6) is -4.47. The number of hydrogen-bond donors (Lipinski definition) is 4. The number of hydrogen-bond acceptors (Lipinski definition) is 9. The van der Waals surface area contributed by atoms with Crippen molar-refractivity contribution in [3.63, 3.8) is 0 Å². The maximum Gasteiger partial charge on any atom is 0.326 e. The number of benzene rings is 1. The molecule has 0 aliphatic carbocycles. The zero-order valence-corrected chi connectivity index (χ0v) is 44.2. The van der Waals surface area contributed by atoms with Gasteiger partial charge in [-0.25, -0.2) is 4.79 Å². The van der Waals surface area contributed by atoms with Crippen LogP contribution in [-0.2, 0) is 49.5 Å². The Labute approximate surface area is 410 Å². The van der Waals surface area contributed by atoms with Crippen molar-refractivity contribution in [2.24, 2.45) is 23.7 Å². The van der Waals surface area contributed by atoms with Crippen LogP contribution >= 0.6 is 31.9 Å². The van der Waals surface area contributed by atoms with Crippen molar-refractivity contribution < 1.29 is 48.1 Å². The minimum Gasteiger partial charge on any atom is -0.480 e. The molecule has 0 bridgehead atoms. The van der Waals surface area contributed by atoms with Crippen LogP contribution in [0.5, 0.6) is 0 Å². The van der Waals surface area contributed by atoms with Gasteiger partial charge >= 0.3 is 5.97 Å². The Balaban J connectivity index is 2.20. The van der Waals surface area contributed by atoms with E-state index in [9.17, 15) is 38.7 Å². The van der Waals surface area contributed by atoms with Crippen molar-refractivity contribution in [3.05, 3.63) is 35.9 Å². The molecule has 1 aliphatic heterocycles. The number of ether oxygens (including phenoxy) is 2. The van der Waals surface area contributed by atoms with E-state index in [1.165, 1.54) is 19.1 Å². The highest BCUT2D eigenvalue weighted by Crippen LogP contribution is 2.30. The van der Waals surface area contributed by atoms with Crippen LogP contribution in [0.1, 0.15) is 105 Å². The van der Waals surface area contributed by atoms with Gasteiger partial charge in [-0.15, -0.1) is 0 Å². The third kappa shape index (κ3) is 17.2. The van der Waals surface area contributed by atoms with Gasteiger partial charge < -0.3 is 45.2 Å². The van der Waals surface area contributed by atoms with E-state index in [1.807, 2.05) is 59.7 Å². The van der Waals surface area contributed by atoms with Crippen LogP contribution in [0.2, 0.25) is 0 Å². The van der Waals surface area contributed by atoms with Crippen molar-refractivity contribution in [1.29, 1.82) is 0 Å².